The van der Waals surface area contributed by atoms with Gasteiger partial charge in [0.1, 0.15) is 17.1 Å². The van der Waals surface area contributed by atoms with Crippen molar-refractivity contribution >= 4 is 35.0 Å². The molecule has 2 aliphatic heterocycles. The second-order valence-corrected chi connectivity index (χ2v) is 12.2. The van der Waals surface area contributed by atoms with Crippen LogP contribution in [0.2, 0.25) is 0 Å². The summed E-state index contributed by atoms with van der Waals surface area (Å²) in [7, 11) is 3.33. The van der Waals surface area contributed by atoms with Crippen LogP contribution in [0, 0.1) is 11.3 Å². The first-order valence-electron chi connectivity index (χ1n) is 13.9. The average Bonchev–Trinajstić information content (AvgIpc) is 3.64. The number of ether oxygens (including phenoxy) is 1. The summed E-state index contributed by atoms with van der Waals surface area (Å²) >= 11 is 0. The molecule has 1 aromatic carbocycles. The van der Waals surface area contributed by atoms with Crippen molar-refractivity contribution < 1.29 is 18.7 Å². The van der Waals surface area contributed by atoms with Gasteiger partial charge in [-0.1, -0.05) is 12.8 Å². The van der Waals surface area contributed by atoms with Crippen molar-refractivity contribution in [1.29, 1.82) is 0 Å². The topological polar surface area (TPSA) is 90.9 Å². The fourth-order valence-corrected chi connectivity index (χ4v) is 6.35. The smallest absolute Gasteiger partial charge is 0.254 e. The van der Waals surface area contributed by atoms with E-state index in [1.165, 1.54) is 12.8 Å². The molecule has 9 nitrogen and oxygen atoms in total. The summed E-state index contributed by atoms with van der Waals surface area (Å²) in [6.07, 6.45) is 8.02. The third-order valence-corrected chi connectivity index (χ3v) is 8.80. The van der Waals surface area contributed by atoms with Crippen LogP contribution >= 0.6 is 0 Å². The van der Waals surface area contributed by atoms with Crippen LogP contribution < -0.4 is 19.9 Å². The van der Waals surface area contributed by atoms with Crippen LogP contribution in [0.25, 0.3) is 0 Å². The zero-order valence-corrected chi connectivity index (χ0v) is 23.2. The molecule has 2 aliphatic carbocycles. The Morgan fingerprint density at radius 2 is 1.85 bits per heavy atom. The fourth-order valence-electron chi connectivity index (χ4n) is 6.35. The third-order valence-electron chi connectivity index (χ3n) is 8.80. The normalized spacial score (nSPS) is 22.3. The van der Waals surface area contributed by atoms with E-state index in [-0.39, 0.29) is 30.8 Å². The number of methoxy groups -OCH3 is 1. The summed E-state index contributed by atoms with van der Waals surface area (Å²) in [4.78, 5) is 41.2. The number of aromatic nitrogens is 2. The zero-order valence-electron chi connectivity index (χ0n) is 23.2. The van der Waals surface area contributed by atoms with E-state index in [1.54, 1.807) is 48.4 Å². The number of hydrogen-bond donors (Lipinski definition) is 1. The molecule has 3 fully saturated rings. The van der Waals surface area contributed by atoms with Gasteiger partial charge in [0.05, 0.1) is 37.5 Å². The maximum atomic E-state index is 14.8. The standard InChI is InChI=1S/C29H37FN6O3/c1-28(2)15-36(20-7-5-6-8-20)24-22(34(3)26(28)38)14-31-27(33-24)32-21-12-9-18(13-23(21)39-4)25(37)35-16-29(30,17-35)19-10-11-19/h9,12-14,19-20H,5-8,10-11,15-17H2,1-4H3,(H,31,32,33). The predicted octanol–water partition coefficient (Wildman–Crippen LogP) is 4.55. The molecule has 6 rings (SSSR count). The van der Waals surface area contributed by atoms with Gasteiger partial charge in [0.2, 0.25) is 11.9 Å². The van der Waals surface area contributed by atoms with Crippen molar-refractivity contribution in [2.75, 3.05) is 48.9 Å². The molecule has 0 spiro atoms. The molecule has 1 aromatic heterocycles. The highest BCUT2D eigenvalue weighted by Crippen LogP contribution is 2.47. The molecule has 2 saturated carbocycles. The van der Waals surface area contributed by atoms with Gasteiger partial charge in [-0.15, -0.1) is 0 Å². The maximum absolute atomic E-state index is 14.8. The maximum Gasteiger partial charge on any atom is 0.254 e. The molecule has 0 bridgehead atoms. The van der Waals surface area contributed by atoms with Crippen LogP contribution in [-0.4, -0.2) is 72.2 Å². The van der Waals surface area contributed by atoms with Gasteiger partial charge >= 0.3 is 0 Å². The van der Waals surface area contributed by atoms with Crippen LogP contribution in [0.5, 0.6) is 5.75 Å². The lowest BCUT2D eigenvalue weighted by atomic mass is 9.90. The Balaban J connectivity index is 1.25. The van der Waals surface area contributed by atoms with E-state index in [0.29, 0.717) is 41.2 Å². The number of fused-ring (bicyclic) bond motifs is 1. The second-order valence-electron chi connectivity index (χ2n) is 12.2. The highest BCUT2D eigenvalue weighted by molar-refractivity contribution is 6.01. The molecule has 10 heteroatoms. The summed E-state index contributed by atoms with van der Waals surface area (Å²) in [5.74, 6) is 1.54. The van der Waals surface area contributed by atoms with Crippen LogP contribution in [0.4, 0.5) is 27.5 Å². The number of amides is 2. The minimum absolute atomic E-state index is 0.0415. The minimum atomic E-state index is -1.22. The number of anilines is 4. The van der Waals surface area contributed by atoms with E-state index in [9.17, 15) is 14.0 Å². The molecular formula is C29H37FN6O3. The van der Waals surface area contributed by atoms with Crippen molar-refractivity contribution in [2.45, 2.75) is 64.1 Å². The zero-order chi connectivity index (χ0) is 27.5. The highest BCUT2D eigenvalue weighted by atomic mass is 19.1. The molecule has 208 valence electrons. The van der Waals surface area contributed by atoms with E-state index in [0.717, 1.165) is 31.5 Å². The number of carbonyl (C=O) groups excluding carboxylic acids is 2. The SMILES string of the molecule is COc1cc(C(=O)N2CC(F)(C3CC3)C2)ccc1Nc1ncc2c(n1)N(C1CCCC1)CC(C)(C)C(=O)N2C. The van der Waals surface area contributed by atoms with Crippen LogP contribution in [-0.2, 0) is 4.79 Å². The molecule has 4 aliphatic rings. The number of hydrogen-bond acceptors (Lipinski definition) is 7. The van der Waals surface area contributed by atoms with E-state index < -0.39 is 11.1 Å². The van der Waals surface area contributed by atoms with E-state index >= 15 is 0 Å². The number of benzene rings is 1. The van der Waals surface area contributed by atoms with Crippen LogP contribution in [0.15, 0.2) is 24.4 Å². The van der Waals surface area contributed by atoms with E-state index in [1.807, 2.05) is 13.8 Å². The third kappa shape index (κ3) is 4.57. The molecule has 3 heterocycles. The lowest BCUT2D eigenvalue weighted by molar-refractivity contribution is -0.125. The molecule has 0 unspecified atom stereocenters. The Kier molecular flexibility index (Phi) is 6.19. The average molecular weight is 537 g/mol. The van der Waals surface area contributed by atoms with Gasteiger partial charge in [-0.3, -0.25) is 9.59 Å². The summed E-state index contributed by atoms with van der Waals surface area (Å²) < 4.78 is 20.4. The number of likely N-dealkylation sites (tertiary alicyclic amines) is 1. The number of alkyl halides is 1. The van der Waals surface area contributed by atoms with Gasteiger partial charge in [0.15, 0.2) is 5.82 Å². The predicted molar refractivity (Wildman–Crippen MR) is 148 cm³/mol. The van der Waals surface area contributed by atoms with E-state index in [4.69, 9.17) is 9.72 Å². The van der Waals surface area contributed by atoms with Crippen molar-refractivity contribution in [3.8, 4) is 5.75 Å². The Labute approximate surface area is 228 Å². The van der Waals surface area contributed by atoms with Crippen LogP contribution in [0.1, 0.15) is 62.7 Å². The van der Waals surface area contributed by atoms with Crippen molar-refractivity contribution in [3.05, 3.63) is 30.0 Å². The van der Waals surface area contributed by atoms with Gasteiger partial charge in [0, 0.05) is 25.2 Å². The van der Waals surface area contributed by atoms with Crippen LogP contribution in [0.3, 0.4) is 0 Å². The number of rotatable bonds is 6. The Morgan fingerprint density at radius 1 is 1.13 bits per heavy atom. The van der Waals surface area contributed by atoms with Gasteiger partial charge in [-0.2, -0.15) is 4.98 Å². The Morgan fingerprint density at radius 3 is 2.51 bits per heavy atom. The molecule has 1 N–H and O–H groups in total. The summed E-state index contributed by atoms with van der Waals surface area (Å²) in [6.45, 7) is 4.88. The number of halogens is 1. The van der Waals surface area contributed by atoms with Crippen molar-refractivity contribution in [2.24, 2.45) is 11.3 Å². The van der Waals surface area contributed by atoms with Crippen molar-refractivity contribution in [1.82, 2.24) is 14.9 Å². The summed E-state index contributed by atoms with van der Waals surface area (Å²) in [5.41, 5.74) is -0.0204. The first kappa shape index (κ1) is 25.8. The quantitative estimate of drug-likeness (QED) is 0.579. The monoisotopic (exact) mass is 536 g/mol. The molecule has 1 saturated heterocycles. The number of nitrogens with zero attached hydrogens (tertiary/aromatic N) is 5. The largest absolute Gasteiger partial charge is 0.495 e. The van der Waals surface area contributed by atoms with Gasteiger partial charge in [-0.25, -0.2) is 9.37 Å². The molecule has 2 amide bonds. The molecule has 0 radical (unpaired) electrons. The Hall–Kier alpha value is -3.43. The summed E-state index contributed by atoms with van der Waals surface area (Å²) in [6, 6.07) is 5.47. The van der Waals surface area contributed by atoms with E-state index in [2.05, 4.69) is 15.2 Å². The first-order chi connectivity index (χ1) is 18.6. The lowest BCUT2D eigenvalue weighted by Crippen LogP contribution is -2.62. The summed E-state index contributed by atoms with van der Waals surface area (Å²) in [5, 5.41) is 3.25. The first-order valence-corrected chi connectivity index (χ1v) is 13.9. The highest BCUT2D eigenvalue weighted by Gasteiger charge is 2.55. The number of carbonyl (C=O) groups is 2. The molecule has 0 atom stereocenters. The molecule has 39 heavy (non-hydrogen) atoms. The second kappa shape index (κ2) is 9.34. The van der Waals surface area contributed by atoms with Crippen molar-refractivity contribution in [3.63, 3.8) is 0 Å². The fraction of sp³-hybridized carbons (Fsp3) is 0.586. The molecule has 2 aromatic rings. The molecular weight excluding hydrogens is 499 g/mol. The van der Waals surface area contributed by atoms with Gasteiger partial charge < -0.3 is 24.8 Å². The Bertz CT molecular complexity index is 1300. The lowest BCUT2D eigenvalue weighted by Gasteiger charge is -2.44. The van der Waals surface area contributed by atoms with Gasteiger partial charge in [-0.05, 0) is 63.6 Å². The minimum Gasteiger partial charge on any atom is -0.495 e. The number of nitrogens with one attached hydrogen (secondary N) is 1. The van der Waals surface area contributed by atoms with Gasteiger partial charge in [0.25, 0.3) is 5.91 Å².